The molecule has 1 fully saturated rings. The molecule has 1 saturated heterocycles. The monoisotopic (exact) mass is 223 g/mol. The molecule has 1 amide bonds. The van der Waals surface area contributed by atoms with Gasteiger partial charge in [0.2, 0.25) is 5.91 Å². The van der Waals surface area contributed by atoms with Crippen LogP contribution in [0.3, 0.4) is 0 Å². The van der Waals surface area contributed by atoms with Crippen molar-refractivity contribution in [3.8, 4) is 12.3 Å². The van der Waals surface area contributed by atoms with Crippen molar-refractivity contribution < 1.29 is 4.79 Å². The first-order valence-electron chi connectivity index (χ1n) is 5.82. The van der Waals surface area contributed by atoms with Gasteiger partial charge in [0.1, 0.15) is 0 Å². The summed E-state index contributed by atoms with van der Waals surface area (Å²) in [6.45, 7) is 7.74. The number of nitrogens with zero attached hydrogens (tertiary/aromatic N) is 2. The van der Waals surface area contributed by atoms with E-state index in [1.807, 2.05) is 4.90 Å². The lowest BCUT2D eigenvalue weighted by Crippen LogP contribution is -2.56. The molecule has 0 aromatic carbocycles. The quantitative estimate of drug-likeness (QED) is 0.679. The SMILES string of the molecule is C#CCC(N)C(=O)N1CCN(CC)C(C)C1. The van der Waals surface area contributed by atoms with Gasteiger partial charge in [-0.1, -0.05) is 6.92 Å². The fraction of sp³-hybridized carbons (Fsp3) is 0.750. The molecule has 0 radical (unpaired) electrons. The molecule has 0 bridgehead atoms. The third-order valence-corrected chi connectivity index (χ3v) is 3.14. The third kappa shape index (κ3) is 2.97. The molecule has 2 unspecified atom stereocenters. The van der Waals surface area contributed by atoms with Gasteiger partial charge < -0.3 is 10.6 Å². The van der Waals surface area contributed by atoms with E-state index in [1.54, 1.807) is 0 Å². The molecule has 90 valence electrons. The third-order valence-electron chi connectivity index (χ3n) is 3.14. The maximum absolute atomic E-state index is 11.9. The van der Waals surface area contributed by atoms with E-state index in [-0.39, 0.29) is 5.91 Å². The second-order valence-electron chi connectivity index (χ2n) is 4.28. The zero-order chi connectivity index (χ0) is 12.1. The molecular weight excluding hydrogens is 202 g/mol. The highest BCUT2D eigenvalue weighted by molar-refractivity contribution is 5.82. The lowest BCUT2D eigenvalue weighted by molar-refractivity contribution is -0.135. The molecule has 0 aliphatic carbocycles. The number of likely N-dealkylation sites (N-methyl/N-ethyl adjacent to an activating group) is 1. The van der Waals surface area contributed by atoms with Crippen molar-refractivity contribution in [2.75, 3.05) is 26.2 Å². The average molecular weight is 223 g/mol. The van der Waals surface area contributed by atoms with Gasteiger partial charge in [0.15, 0.2) is 0 Å². The molecule has 0 aromatic rings. The highest BCUT2D eigenvalue weighted by Crippen LogP contribution is 2.10. The Morgan fingerprint density at radius 3 is 2.81 bits per heavy atom. The average Bonchev–Trinajstić information content (AvgIpc) is 2.28. The van der Waals surface area contributed by atoms with Crippen LogP contribution >= 0.6 is 0 Å². The minimum Gasteiger partial charge on any atom is -0.338 e. The van der Waals surface area contributed by atoms with Crippen LogP contribution in [0.5, 0.6) is 0 Å². The van der Waals surface area contributed by atoms with Gasteiger partial charge in [-0.15, -0.1) is 12.3 Å². The maximum atomic E-state index is 11.9. The van der Waals surface area contributed by atoms with Gasteiger partial charge in [-0.05, 0) is 13.5 Å². The van der Waals surface area contributed by atoms with Gasteiger partial charge >= 0.3 is 0 Å². The zero-order valence-electron chi connectivity index (χ0n) is 10.1. The lowest BCUT2D eigenvalue weighted by atomic mass is 10.1. The summed E-state index contributed by atoms with van der Waals surface area (Å²) in [4.78, 5) is 16.1. The fourth-order valence-electron chi connectivity index (χ4n) is 2.11. The van der Waals surface area contributed by atoms with Crippen LogP contribution in [0.4, 0.5) is 0 Å². The summed E-state index contributed by atoms with van der Waals surface area (Å²) in [6, 6.07) is -0.133. The molecule has 0 saturated carbocycles. The van der Waals surface area contributed by atoms with Crippen molar-refractivity contribution in [1.29, 1.82) is 0 Å². The van der Waals surface area contributed by atoms with Crippen molar-refractivity contribution in [3.05, 3.63) is 0 Å². The molecule has 16 heavy (non-hydrogen) atoms. The summed E-state index contributed by atoms with van der Waals surface area (Å²) in [5, 5.41) is 0. The first kappa shape index (κ1) is 13.0. The molecule has 1 aliphatic rings. The van der Waals surface area contributed by atoms with Crippen LogP contribution in [-0.4, -0.2) is 54.0 Å². The second kappa shape index (κ2) is 5.88. The van der Waals surface area contributed by atoms with Gasteiger partial charge in [0.25, 0.3) is 0 Å². The molecule has 0 aromatic heterocycles. The van der Waals surface area contributed by atoms with Crippen LogP contribution in [0.1, 0.15) is 20.3 Å². The van der Waals surface area contributed by atoms with Crippen LogP contribution < -0.4 is 5.73 Å². The van der Waals surface area contributed by atoms with E-state index in [9.17, 15) is 4.79 Å². The summed E-state index contributed by atoms with van der Waals surface area (Å²) in [7, 11) is 0. The normalized spacial score (nSPS) is 23.9. The highest BCUT2D eigenvalue weighted by atomic mass is 16.2. The van der Waals surface area contributed by atoms with E-state index in [0.717, 1.165) is 26.2 Å². The van der Waals surface area contributed by atoms with Crippen molar-refractivity contribution in [2.45, 2.75) is 32.4 Å². The minimum absolute atomic E-state index is 0.0134. The number of terminal acetylenes is 1. The number of hydrogen-bond acceptors (Lipinski definition) is 3. The first-order valence-corrected chi connectivity index (χ1v) is 5.82. The summed E-state index contributed by atoms with van der Waals surface area (Å²) in [5.74, 6) is 2.42. The topological polar surface area (TPSA) is 49.6 Å². The van der Waals surface area contributed by atoms with Crippen LogP contribution in [0.2, 0.25) is 0 Å². The second-order valence-corrected chi connectivity index (χ2v) is 4.28. The maximum Gasteiger partial charge on any atom is 0.240 e. The number of nitrogens with two attached hydrogens (primary N) is 1. The van der Waals surface area contributed by atoms with E-state index in [4.69, 9.17) is 12.2 Å². The van der Waals surface area contributed by atoms with E-state index in [2.05, 4.69) is 24.7 Å². The molecule has 2 atom stereocenters. The van der Waals surface area contributed by atoms with E-state index >= 15 is 0 Å². The van der Waals surface area contributed by atoms with E-state index in [1.165, 1.54) is 0 Å². The van der Waals surface area contributed by atoms with Crippen molar-refractivity contribution >= 4 is 5.91 Å². The lowest BCUT2D eigenvalue weighted by Gasteiger charge is -2.40. The molecular formula is C12H21N3O. The number of carbonyl (C=O) groups excluding carboxylic acids is 1. The Morgan fingerprint density at radius 1 is 1.62 bits per heavy atom. The first-order chi connectivity index (χ1) is 7.60. The number of hydrogen-bond donors (Lipinski definition) is 1. The fourth-order valence-corrected chi connectivity index (χ4v) is 2.11. The van der Waals surface area contributed by atoms with Crippen LogP contribution in [-0.2, 0) is 4.79 Å². The number of rotatable bonds is 3. The smallest absolute Gasteiger partial charge is 0.240 e. The molecule has 2 N–H and O–H groups in total. The molecule has 4 heteroatoms. The van der Waals surface area contributed by atoms with Crippen molar-refractivity contribution in [1.82, 2.24) is 9.80 Å². The van der Waals surface area contributed by atoms with Gasteiger partial charge in [-0.3, -0.25) is 9.69 Å². The summed E-state index contributed by atoms with van der Waals surface area (Å²) < 4.78 is 0. The summed E-state index contributed by atoms with van der Waals surface area (Å²) in [5.41, 5.74) is 5.72. The van der Waals surface area contributed by atoms with Gasteiger partial charge in [-0.2, -0.15) is 0 Å². The Bertz CT molecular complexity index is 284. The predicted octanol–water partition coefficient (Wildman–Crippen LogP) is -0.110. The standard InChI is InChI=1S/C12H21N3O/c1-4-6-11(13)12(16)15-8-7-14(5-2)10(3)9-15/h1,10-11H,5-9,13H2,2-3H3. The number of amides is 1. The molecule has 0 spiro atoms. The number of carbonyl (C=O) groups is 1. The van der Waals surface area contributed by atoms with E-state index < -0.39 is 6.04 Å². The Hall–Kier alpha value is -1.05. The number of piperazine rings is 1. The van der Waals surface area contributed by atoms with Crippen LogP contribution in [0, 0.1) is 12.3 Å². The Balaban J connectivity index is 2.51. The molecule has 1 rings (SSSR count). The van der Waals surface area contributed by atoms with Crippen LogP contribution in [0.15, 0.2) is 0 Å². The Morgan fingerprint density at radius 2 is 2.31 bits per heavy atom. The van der Waals surface area contributed by atoms with Gasteiger partial charge in [0.05, 0.1) is 6.04 Å². The Kier molecular flexibility index (Phi) is 4.78. The Labute approximate surface area is 97.8 Å². The van der Waals surface area contributed by atoms with Crippen molar-refractivity contribution in [2.24, 2.45) is 5.73 Å². The summed E-state index contributed by atoms with van der Waals surface area (Å²) >= 11 is 0. The largest absolute Gasteiger partial charge is 0.338 e. The van der Waals surface area contributed by atoms with Gasteiger partial charge in [-0.25, -0.2) is 0 Å². The van der Waals surface area contributed by atoms with Gasteiger partial charge in [0, 0.05) is 32.1 Å². The predicted molar refractivity (Wildman–Crippen MR) is 64.7 cm³/mol. The molecule has 1 aliphatic heterocycles. The minimum atomic E-state index is -0.537. The highest BCUT2D eigenvalue weighted by Gasteiger charge is 2.27. The van der Waals surface area contributed by atoms with E-state index in [0.29, 0.717) is 12.5 Å². The van der Waals surface area contributed by atoms with Crippen LogP contribution in [0.25, 0.3) is 0 Å². The summed E-state index contributed by atoms with van der Waals surface area (Å²) in [6.07, 6.45) is 5.48. The van der Waals surface area contributed by atoms with Crippen molar-refractivity contribution in [3.63, 3.8) is 0 Å². The molecule has 1 heterocycles. The molecule has 4 nitrogen and oxygen atoms in total. The zero-order valence-corrected chi connectivity index (χ0v) is 10.1.